The lowest BCUT2D eigenvalue weighted by molar-refractivity contribution is 0.413. The van der Waals surface area contributed by atoms with Gasteiger partial charge in [0.2, 0.25) is 0 Å². The van der Waals surface area contributed by atoms with Crippen molar-refractivity contribution in [2.75, 3.05) is 7.11 Å². The quantitative estimate of drug-likeness (QED) is 0.881. The van der Waals surface area contributed by atoms with Gasteiger partial charge in [0.05, 0.1) is 19.2 Å². The Morgan fingerprint density at radius 3 is 3.05 bits per heavy atom. The number of nitrogens with one attached hydrogen (secondary N) is 1. The van der Waals surface area contributed by atoms with Crippen LogP contribution in [-0.2, 0) is 13.1 Å². The first-order chi connectivity index (χ1) is 10.3. The number of ether oxygens (including phenoxy) is 1. The molecule has 3 rings (SSSR count). The van der Waals surface area contributed by atoms with Gasteiger partial charge in [-0.3, -0.25) is 0 Å². The third-order valence-corrected chi connectivity index (χ3v) is 3.67. The van der Waals surface area contributed by atoms with Crippen LogP contribution in [0.5, 0.6) is 5.75 Å². The number of rotatable bonds is 6. The monoisotopic (exact) mass is 282 g/mol. The van der Waals surface area contributed by atoms with Gasteiger partial charge in [-0.05, 0) is 30.5 Å². The summed E-state index contributed by atoms with van der Waals surface area (Å²) in [5, 5.41) is 12.6. The Morgan fingerprint density at radius 1 is 1.48 bits per heavy atom. The van der Waals surface area contributed by atoms with Crippen molar-refractivity contribution in [1.82, 2.24) is 14.9 Å². The van der Waals surface area contributed by atoms with Crippen molar-refractivity contribution in [2.24, 2.45) is 0 Å². The van der Waals surface area contributed by atoms with Crippen LogP contribution in [0.2, 0.25) is 0 Å². The van der Waals surface area contributed by atoms with Gasteiger partial charge in [-0.1, -0.05) is 6.07 Å². The van der Waals surface area contributed by atoms with Crippen molar-refractivity contribution < 1.29 is 4.74 Å². The van der Waals surface area contributed by atoms with Crippen LogP contribution >= 0.6 is 0 Å². The summed E-state index contributed by atoms with van der Waals surface area (Å²) < 4.78 is 7.28. The Kier molecular flexibility index (Phi) is 3.89. The highest BCUT2D eigenvalue weighted by Gasteiger charge is 2.20. The minimum absolute atomic E-state index is 0.563. The average Bonchev–Trinajstić information content (AvgIpc) is 3.25. The third kappa shape index (κ3) is 3.23. The molecule has 2 aromatic rings. The molecule has 5 heteroatoms. The van der Waals surface area contributed by atoms with Crippen molar-refractivity contribution in [3.63, 3.8) is 0 Å². The highest BCUT2D eigenvalue weighted by molar-refractivity contribution is 5.45. The van der Waals surface area contributed by atoms with E-state index in [1.54, 1.807) is 7.11 Å². The molecule has 0 unspecified atom stereocenters. The maximum Gasteiger partial charge on any atom is 0.136 e. The fourth-order valence-corrected chi connectivity index (χ4v) is 2.31. The molecule has 0 amide bonds. The van der Waals surface area contributed by atoms with Gasteiger partial charge in [-0.2, -0.15) is 5.26 Å². The number of hydrogen-bond acceptors (Lipinski definition) is 4. The second kappa shape index (κ2) is 5.98. The predicted octanol–water partition coefficient (Wildman–Crippen LogP) is 2.06. The lowest BCUT2D eigenvalue weighted by Gasteiger charge is -2.10. The largest absolute Gasteiger partial charge is 0.495 e. The summed E-state index contributed by atoms with van der Waals surface area (Å²) in [4.78, 5) is 4.40. The molecular weight excluding hydrogens is 264 g/mol. The Labute approximate surface area is 124 Å². The van der Waals surface area contributed by atoms with Crippen LogP contribution in [0.25, 0.3) is 0 Å². The molecule has 21 heavy (non-hydrogen) atoms. The first kappa shape index (κ1) is 13.7. The highest BCUT2D eigenvalue weighted by atomic mass is 16.5. The van der Waals surface area contributed by atoms with E-state index in [0.717, 1.165) is 17.9 Å². The molecule has 0 aliphatic heterocycles. The summed E-state index contributed by atoms with van der Waals surface area (Å²) in [7, 11) is 1.58. The van der Waals surface area contributed by atoms with E-state index in [-0.39, 0.29) is 0 Å². The van der Waals surface area contributed by atoms with Crippen LogP contribution in [0.4, 0.5) is 0 Å². The van der Waals surface area contributed by atoms with Gasteiger partial charge in [0.15, 0.2) is 0 Å². The molecule has 1 heterocycles. The number of aromatic nitrogens is 2. The smallest absolute Gasteiger partial charge is 0.136 e. The second-order valence-electron chi connectivity index (χ2n) is 5.27. The first-order valence-corrected chi connectivity index (χ1v) is 7.10. The molecule has 1 aliphatic carbocycles. The fraction of sp³-hybridized carbons (Fsp3) is 0.375. The Hall–Kier alpha value is -2.32. The summed E-state index contributed by atoms with van der Waals surface area (Å²) in [6.45, 7) is 1.50. The molecule has 1 aliphatic rings. The molecule has 1 N–H and O–H groups in total. The summed E-state index contributed by atoms with van der Waals surface area (Å²) in [5.41, 5.74) is 1.63. The van der Waals surface area contributed by atoms with Crippen LogP contribution in [0.3, 0.4) is 0 Å². The Morgan fingerprint density at radius 2 is 2.33 bits per heavy atom. The molecule has 1 fully saturated rings. The third-order valence-electron chi connectivity index (χ3n) is 3.67. The zero-order valence-electron chi connectivity index (χ0n) is 12.0. The van der Waals surface area contributed by atoms with Crippen LogP contribution in [-0.4, -0.2) is 22.7 Å². The number of nitriles is 1. The number of imidazole rings is 1. The lowest BCUT2D eigenvalue weighted by Crippen LogP contribution is -2.19. The van der Waals surface area contributed by atoms with Crippen molar-refractivity contribution in [3.05, 3.63) is 47.5 Å². The van der Waals surface area contributed by atoms with Gasteiger partial charge < -0.3 is 14.6 Å². The van der Waals surface area contributed by atoms with E-state index in [4.69, 9.17) is 10.00 Å². The Bertz CT molecular complexity index is 667. The molecule has 0 atom stereocenters. The first-order valence-electron chi connectivity index (χ1n) is 7.10. The van der Waals surface area contributed by atoms with E-state index in [0.29, 0.717) is 23.9 Å². The van der Waals surface area contributed by atoms with Crippen molar-refractivity contribution >= 4 is 0 Å². The average molecular weight is 282 g/mol. The van der Waals surface area contributed by atoms with Crippen molar-refractivity contribution in [1.29, 1.82) is 5.26 Å². The summed E-state index contributed by atoms with van der Waals surface area (Å²) in [5.74, 6) is 1.64. The van der Waals surface area contributed by atoms with Crippen LogP contribution in [0.15, 0.2) is 30.6 Å². The lowest BCUT2D eigenvalue weighted by atomic mass is 10.1. The number of benzene rings is 1. The number of nitrogens with zero attached hydrogens (tertiary/aromatic N) is 3. The summed E-state index contributed by atoms with van der Waals surface area (Å²) in [6, 6.07) is 8.53. The molecule has 108 valence electrons. The van der Waals surface area contributed by atoms with E-state index in [2.05, 4.69) is 20.9 Å². The maximum atomic E-state index is 9.15. The van der Waals surface area contributed by atoms with Crippen LogP contribution in [0.1, 0.15) is 29.8 Å². The summed E-state index contributed by atoms with van der Waals surface area (Å²) >= 11 is 0. The van der Waals surface area contributed by atoms with Gasteiger partial charge in [0, 0.05) is 25.0 Å². The minimum atomic E-state index is 0.563. The topological polar surface area (TPSA) is 62.9 Å². The molecule has 1 aromatic carbocycles. The van der Waals surface area contributed by atoms with Crippen LogP contribution in [0, 0.1) is 11.3 Å². The molecule has 1 aromatic heterocycles. The Balaban J connectivity index is 1.74. The molecule has 0 bridgehead atoms. The fourth-order valence-electron chi connectivity index (χ4n) is 2.31. The van der Waals surface area contributed by atoms with Crippen molar-refractivity contribution in [3.8, 4) is 11.8 Å². The van der Waals surface area contributed by atoms with E-state index >= 15 is 0 Å². The SMILES string of the molecule is COc1ccc(Cn2ccnc2CNC2CC2)cc1C#N. The summed E-state index contributed by atoms with van der Waals surface area (Å²) in [6.07, 6.45) is 6.33. The van der Waals surface area contributed by atoms with Gasteiger partial charge in [0.1, 0.15) is 17.6 Å². The minimum Gasteiger partial charge on any atom is -0.495 e. The van der Waals surface area contributed by atoms with E-state index < -0.39 is 0 Å². The number of hydrogen-bond donors (Lipinski definition) is 1. The zero-order valence-corrected chi connectivity index (χ0v) is 12.0. The molecule has 0 radical (unpaired) electrons. The zero-order chi connectivity index (χ0) is 14.7. The van der Waals surface area contributed by atoms with Crippen molar-refractivity contribution in [2.45, 2.75) is 32.0 Å². The second-order valence-corrected chi connectivity index (χ2v) is 5.27. The normalized spacial score (nSPS) is 13.9. The predicted molar refractivity (Wildman–Crippen MR) is 78.9 cm³/mol. The standard InChI is InChI=1S/C16H18N4O/c1-21-15-5-2-12(8-13(15)9-17)11-20-7-6-18-16(20)10-19-14-3-4-14/h2,5-8,14,19H,3-4,10-11H2,1H3. The molecule has 5 nitrogen and oxygen atoms in total. The van der Waals surface area contributed by atoms with E-state index in [1.807, 2.05) is 30.6 Å². The maximum absolute atomic E-state index is 9.15. The van der Waals surface area contributed by atoms with Gasteiger partial charge in [0.25, 0.3) is 0 Å². The van der Waals surface area contributed by atoms with E-state index in [9.17, 15) is 0 Å². The molecule has 0 saturated heterocycles. The number of methoxy groups -OCH3 is 1. The molecular formula is C16H18N4O. The molecule has 0 spiro atoms. The highest BCUT2D eigenvalue weighted by Crippen LogP contribution is 2.21. The van der Waals surface area contributed by atoms with Crippen LogP contribution < -0.4 is 10.1 Å². The van der Waals surface area contributed by atoms with Gasteiger partial charge >= 0.3 is 0 Å². The van der Waals surface area contributed by atoms with Gasteiger partial charge in [-0.25, -0.2) is 4.98 Å². The van der Waals surface area contributed by atoms with Gasteiger partial charge in [-0.15, -0.1) is 0 Å². The van der Waals surface area contributed by atoms with E-state index in [1.165, 1.54) is 12.8 Å². The molecule has 1 saturated carbocycles.